The van der Waals surface area contributed by atoms with Crippen LogP contribution in [0.25, 0.3) is 0 Å². The van der Waals surface area contributed by atoms with Crippen molar-refractivity contribution in [3.8, 4) is 0 Å². The molecule has 4 heteroatoms. The molecule has 0 bridgehead atoms. The molecule has 1 amide bonds. The van der Waals surface area contributed by atoms with E-state index in [0.717, 1.165) is 11.1 Å². The van der Waals surface area contributed by atoms with Crippen molar-refractivity contribution in [1.82, 2.24) is 5.32 Å². The highest BCUT2D eigenvalue weighted by molar-refractivity contribution is 5.99. The van der Waals surface area contributed by atoms with Gasteiger partial charge in [0.25, 0.3) is 5.91 Å². The second-order valence-electron chi connectivity index (χ2n) is 4.42. The Morgan fingerprint density at radius 3 is 2.28 bits per heavy atom. The quantitative estimate of drug-likeness (QED) is 0.841. The Balaban J connectivity index is 2.90. The lowest BCUT2D eigenvalue weighted by molar-refractivity contribution is -0.139. The van der Waals surface area contributed by atoms with Crippen molar-refractivity contribution in [2.75, 3.05) is 0 Å². The summed E-state index contributed by atoms with van der Waals surface area (Å²) in [7, 11) is 0. The number of carbonyl (C=O) groups is 2. The number of carboxylic acids is 1. The Bertz CT molecular complexity index is 434. The molecule has 1 aromatic carbocycles. The maximum Gasteiger partial charge on any atom is 0.326 e. The van der Waals surface area contributed by atoms with Gasteiger partial charge in [-0.25, -0.2) is 4.79 Å². The SMILES string of the molecule is CCC[C@@H](NC(=O)c1c(C)cccc1C)C(=O)O. The molecule has 0 heterocycles. The topological polar surface area (TPSA) is 66.4 Å². The molecular formula is C14H19NO3. The molecule has 18 heavy (non-hydrogen) atoms. The van der Waals surface area contributed by atoms with Crippen LogP contribution in [0.2, 0.25) is 0 Å². The van der Waals surface area contributed by atoms with Crippen LogP contribution in [0.3, 0.4) is 0 Å². The van der Waals surface area contributed by atoms with Gasteiger partial charge in [0.1, 0.15) is 6.04 Å². The number of rotatable bonds is 5. The second-order valence-corrected chi connectivity index (χ2v) is 4.42. The largest absolute Gasteiger partial charge is 0.480 e. The Labute approximate surface area is 107 Å². The number of aliphatic carboxylic acids is 1. The summed E-state index contributed by atoms with van der Waals surface area (Å²) in [6.07, 6.45) is 1.15. The third kappa shape index (κ3) is 3.32. The summed E-state index contributed by atoms with van der Waals surface area (Å²) in [6, 6.07) is 4.75. The number of carbonyl (C=O) groups excluding carboxylic acids is 1. The van der Waals surface area contributed by atoms with E-state index in [4.69, 9.17) is 5.11 Å². The number of aryl methyl sites for hydroxylation is 2. The van der Waals surface area contributed by atoms with E-state index in [1.807, 2.05) is 39.0 Å². The maximum absolute atomic E-state index is 12.1. The van der Waals surface area contributed by atoms with Gasteiger partial charge in [-0.15, -0.1) is 0 Å². The number of hydrogen-bond donors (Lipinski definition) is 2. The summed E-state index contributed by atoms with van der Waals surface area (Å²) in [5.41, 5.74) is 2.28. The van der Waals surface area contributed by atoms with E-state index in [0.29, 0.717) is 18.4 Å². The first-order chi connectivity index (χ1) is 8.47. The minimum Gasteiger partial charge on any atom is -0.480 e. The summed E-state index contributed by atoms with van der Waals surface area (Å²) in [4.78, 5) is 23.1. The molecule has 0 fully saturated rings. The first-order valence-corrected chi connectivity index (χ1v) is 6.07. The Morgan fingerprint density at radius 1 is 1.28 bits per heavy atom. The Morgan fingerprint density at radius 2 is 1.83 bits per heavy atom. The van der Waals surface area contributed by atoms with Crippen LogP contribution in [0.4, 0.5) is 0 Å². The van der Waals surface area contributed by atoms with Gasteiger partial charge in [0, 0.05) is 5.56 Å². The van der Waals surface area contributed by atoms with Crippen molar-refractivity contribution in [3.63, 3.8) is 0 Å². The van der Waals surface area contributed by atoms with Crippen molar-refractivity contribution >= 4 is 11.9 Å². The van der Waals surface area contributed by atoms with Crippen LogP contribution in [0.1, 0.15) is 41.3 Å². The van der Waals surface area contributed by atoms with E-state index in [1.165, 1.54) is 0 Å². The molecular weight excluding hydrogens is 230 g/mol. The standard InChI is InChI=1S/C14H19NO3/c1-4-6-11(14(17)18)15-13(16)12-9(2)7-5-8-10(12)3/h5,7-8,11H,4,6H2,1-3H3,(H,15,16)(H,17,18)/t11-/m1/s1. The number of carboxylic acid groups (broad SMARTS) is 1. The Hall–Kier alpha value is -1.84. The van der Waals surface area contributed by atoms with Crippen LogP contribution in [-0.4, -0.2) is 23.0 Å². The van der Waals surface area contributed by atoms with Crippen LogP contribution in [0.15, 0.2) is 18.2 Å². The fourth-order valence-corrected chi connectivity index (χ4v) is 1.95. The van der Waals surface area contributed by atoms with Crippen LogP contribution in [0.5, 0.6) is 0 Å². The highest BCUT2D eigenvalue weighted by atomic mass is 16.4. The number of hydrogen-bond acceptors (Lipinski definition) is 2. The fourth-order valence-electron chi connectivity index (χ4n) is 1.95. The Kier molecular flexibility index (Phi) is 4.89. The summed E-state index contributed by atoms with van der Waals surface area (Å²) in [5.74, 6) is -1.30. The molecule has 1 rings (SSSR count). The zero-order chi connectivity index (χ0) is 13.7. The van der Waals surface area contributed by atoms with E-state index in [9.17, 15) is 9.59 Å². The maximum atomic E-state index is 12.1. The third-order valence-corrected chi connectivity index (χ3v) is 2.89. The zero-order valence-electron chi connectivity index (χ0n) is 11.0. The molecule has 0 saturated carbocycles. The minimum absolute atomic E-state index is 0.313. The van der Waals surface area contributed by atoms with Crippen LogP contribution < -0.4 is 5.32 Å². The van der Waals surface area contributed by atoms with Crippen LogP contribution >= 0.6 is 0 Å². The van der Waals surface area contributed by atoms with Crippen molar-refractivity contribution in [2.45, 2.75) is 39.7 Å². The molecule has 0 aliphatic heterocycles. The molecule has 0 aliphatic carbocycles. The van der Waals surface area contributed by atoms with Gasteiger partial charge in [0.2, 0.25) is 0 Å². The normalized spacial score (nSPS) is 11.9. The van der Waals surface area contributed by atoms with Crippen LogP contribution in [-0.2, 0) is 4.79 Å². The van der Waals surface area contributed by atoms with Crippen LogP contribution in [0, 0.1) is 13.8 Å². The van der Waals surface area contributed by atoms with Gasteiger partial charge in [0.15, 0.2) is 0 Å². The second kappa shape index (κ2) is 6.19. The number of amides is 1. The smallest absolute Gasteiger partial charge is 0.326 e. The fraction of sp³-hybridized carbons (Fsp3) is 0.429. The van der Waals surface area contributed by atoms with E-state index in [2.05, 4.69) is 5.32 Å². The predicted octanol–water partition coefficient (Wildman–Crippen LogP) is 2.29. The number of nitrogens with one attached hydrogen (secondary N) is 1. The minimum atomic E-state index is -0.989. The van der Waals surface area contributed by atoms with E-state index < -0.39 is 12.0 Å². The zero-order valence-corrected chi connectivity index (χ0v) is 11.0. The summed E-state index contributed by atoms with van der Waals surface area (Å²) < 4.78 is 0. The molecule has 0 aromatic heterocycles. The highest BCUT2D eigenvalue weighted by Gasteiger charge is 2.21. The lowest BCUT2D eigenvalue weighted by Gasteiger charge is -2.15. The third-order valence-electron chi connectivity index (χ3n) is 2.89. The van der Waals surface area contributed by atoms with Gasteiger partial charge in [0.05, 0.1) is 0 Å². The predicted molar refractivity (Wildman–Crippen MR) is 69.7 cm³/mol. The average Bonchev–Trinajstić information content (AvgIpc) is 2.28. The molecule has 0 radical (unpaired) electrons. The lowest BCUT2D eigenvalue weighted by Crippen LogP contribution is -2.41. The molecule has 2 N–H and O–H groups in total. The summed E-state index contributed by atoms with van der Waals surface area (Å²) in [5, 5.41) is 11.6. The first-order valence-electron chi connectivity index (χ1n) is 6.07. The number of benzene rings is 1. The van der Waals surface area contributed by atoms with Gasteiger partial charge in [-0.1, -0.05) is 31.5 Å². The van der Waals surface area contributed by atoms with Gasteiger partial charge >= 0.3 is 5.97 Å². The molecule has 4 nitrogen and oxygen atoms in total. The van der Waals surface area contributed by atoms with Gasteiger partial charge < -0.3 is 10.4 Å². The van der Waals surface area contributed by atoms with Crippen molar-refractivity contribution in [1.29, 1.82) is 0 Å². The first kappa shape index (κ1) is 14.2. The highest BCUT2D eigenvalue weighted by Crippen LogP contribution is 2.13. The van der Waals surface area contributed by atoms with Gasteiger partial charge in [-0.3, -0.25) is 4.79 Å². The van der Waals surface area contributed by atoms with Gasteiger partial charge in [-0.2, -0.15) is 0 Å². The molecule has 1 atom stereocenters. The van der Waals surface area contributed by atoms with E-state index >= 15 is 0 Å². The summed E-state index contributed by atoms with van der Waals surface area (Å²) >= 11 is 0. The molecule has 0 unspecified atom stereocenters. The van der Waals surface area contributed by atoms with Gasteiger partial charge in [-0.05, 0) is 31.4 Å². The monoisotopic (exact) mass is 249 g/mol. The summed E-state index contributed by atoms with van der Waals surface area (Å²) in [6.45, 7) is 5.58. The lowest BCUT2D eigenvalue weighted by atomic mass is 10.0. The molecule has 1 aromatic rings. The van der Waals surface area contributed by atoms with E-state index in [1.54, 1.807) is 0 Å². The molecule has 0 aliphatic rings. The van der Waals surface area contributed by atoms with Crippen molar-refractivity contribution in [3.05, 3.63) is 34.9 Å². The molecule has 0 spiro atoms. The van der Waals surface area contributed by atoms with E-state index in [-0.39, 0.29) is 5.91 Å². The van der Waals surface area contributed by atoms with Crippen molar-refractivity contribution < 1.29 is 14.7 Å². The molecule has 0 saturated heterocycles. The molecule has 98 valence electrons. The van der Waals surface area contributed by atoms with Crippen molar-refractivity contribution in [2.24, 2.45) is 0 Å². The average molecular weight is 249 g/mol.